The summed E-state index contributed by atoms with van der Waals surface area (Å²) in [5.41, 5.74) is 5.07. The highest BCUT2D eigenvalue weighted by molar-refractivity contribution is 6.30. The van der Waals surface area contributed by atoms with Crippen molar-refractivity contribution in [1.29, 1.82) is 0 Å². The topological polar surface area (TPSA) is 84.6 Å². The number of nitrogens with one attached hydrogen (secondary N) is 1. The highest BCUT2D eigenvalue weighted by Gasteiger charge is 2.11. The third kappa shape index (κ3) is 5.35. The van der Waals surface area contributed by atoms with Gasteiger partial charge in [0.05, 0.1) is 6.04 Å². The lowest BCUT2D eigenvalue weighted by Gasteiger charge is -2.15. The maximum absolute atomic E-state index is 10.8. The Morgan fingerprint density at radius 1 is 1.61 bits per heavy atom. The predicted molar refractivity (Wildman–Crippen MR) is 69.6 cm³/mol. The first-order valence-electron chi connectivity index (χ1n) is 5.58. The van der Waals surface area contributed by atoms with E-state index in [1.165, 1.54) is 0 Å². The van der Waals surface area contributed by atoms with Crippen LogP contribution in [0.15, 0.2) is 24.3 Å². The van der Waals surface area contributed by atoms with E-state index < -0.39 is 18.1 Å². The quantitative estimate of drug-likeness (QED) is 0.676. The number of rotatable bonds is 7. The van der Waals surface area contributed by atoms with Crippen LogP contribution in [0.4, 0.5) is 0 Å². The van der Waals surface area contributed by atoms with Crippen molar-refractivity contribution >= 4 is 17.5 Å². The molecule has 5 nitrogen and oxygen atoms in total. The highest BCUT2D eigenvalue weighted by atomic mass is 35.5. The van der Waals surface area contributed by atoms with Gasteiger partial charge in [0, 0.05) is 11.6 Å². The maximum Gasteiger partial charge on any atom is 0.234 e. The summed E-state index contributed by atoms with van der Waals surface area (Å²) in [6.45, 7) is 1.97. The number of hydrogen-bond acceptors (Lipinski definition) is 4. The first kappa shape index (κ1) is 14.8. The van der Waals surface area contributed by atoms with Gasteiger partial charge in [0.15, 0.2) is 0 Å². The van der Waals surface area contributed by atoms with E-state index >= 15 is 0 Å². The van der Waals surface area contributed by atoms with Gasteiger partial charge in [-0.2, -0.15) is 0 Å². The van der Waals surface area contributed by atoms with Gasteiger partial charge in [0.2, 0.25) is 5.91 Å². The van der Waals surface area contributed by atoms with Crippen LogP contribution in [0.5, 0.6) is 5.75 Å². The van der Waals surface area contributed by atoms with Crippen LogP contribution in [0.2, 0.25) is 5.02 Å². The summed E-state index contributed by atoms with van der Waals surface area (Å²) in [5, 5.41) is 13.0. The van der Waals surface area contributed by atoms with Crippen LogP contribution in [0.25, 0.3) is 0 Å². The lowest BCUT2D eigenvalue weighted by molar-refractivity contribution is -0.119. The second kappa shape index (κ2) is 7.20. The van der Waals surface area contributed by atoms with E-state index in [0.717, 1.165) is 0 Å². The minimum atomic E-state index is -0.731. The SMILES string of the molecule is CC(NCC(O)COc1cccc(Cl)c1)C(N)=O. The zero-order valence-electron chi connectivity index (χ0n) is 10.1. The fourth-order valence-corrected chi connectivity index (χ4v) is 1.40. The number of aliphatic hydroxyl groups is 1. The van der Waals surface area contributed by atoms with E-state index in [4.69, 9.17) is 22.1 Å². The lowest BCUT2D eigenvalue weighted by atomic mass is 10.3. The third-order valence-corrected chi connectivity index (χ3v) is 2.56. The van der Waals surface area contributed by atoms with Crippen molar-refractivity contribution in [2.24, 2.45) is 5.73 Å². The largest absolute Gasteiger partial charge is 0.491 e. The van der Waals surface area contributed by atoms with Gasteiger partial charge in [-0.05, 0) is 25.1 Å². The molecule has 100 valence electrons. The molecule has 0 radical (unpaired) electrons. The van der Waals surface area contributed by atoms with Crippen LogP contribution in [0.3, 0.4) is 0 Å². The Hall–Kier alpha value is -1.30. The Morgan fingerprint density at radius 3 is 2.94 bits per heavy atom. The number of aliphatic hydroxyl groups excluding tert-OH is 1. The molecule has 2 atom stereocenters. The second-order valence-electron chi connectivity index (χ2n) is 3.95. The molecule has 4 N–H and O–H groups in total. The molecule has 0 spiro atoms. The average Bonchev–Trinajstić information content (AvgIpc) is 2.33. The Bertz CT molecular complexity index is 401. The molecule has 1 aromatic rings. The van der Waals surface area contributed by atoms with Gasteiger partial charge in [-0.1, -0.05) is 17.7 Å². The molecule has 0 saturated heterocycles. The van der Waals surface area contributed by atoms with Gasteiger partial charge in [-0.15, -0.1) is 0 Å². The fourth-order valence-electron chi connectivity index (χ4n) is 1.22. The molecule has 0 saturated carbocycles. The molecular formula is C12H17ClN2O3. The number of primary amides is 1. The first-order valence-corrected chi connectivity index (χ1v) is 5.96. The highest BCUT2D eigenvalue weighted by Crippen LogP contribution is 2.17. The summed E-state index contributed by atoms with van der Waals surface area (Å²) >= 11 is 5.79. The summed E-state index contributed by atoms with van der Waals surface area (Å²) in [7, 11) is 0. The van der Waals surface area contributed by atoms with Crippen molar-refractivity contribution in [2.45, 2.75) is 19.1 Å². The molecule has 1 rings (SSSR count). The zero-order valence-corrected chi connectivity index (χ0v) is 10.9. The molecule has 1 amide bonds. The Kier molecular flexibility index (Phi) is 5.91. The normalized spacial score (nSPS) is 13.9. The smallest absolute Gasteiger partial charge is 0.234 e. The number of carbonyl (C=O) groups is 1. The van der Waals surface area contributed by atoms with Crippen molar-refractivity contribution in [2.75, 3.05) is 13.2 Å². The summed E-state index contributed by atoms with van der Waals surface area (Å²) in [4.78, 5) is 10.8. The van der Waals surface area contributed by atoms with Gasteiger partial charge < -0.3 is 20.9 Å². The number of halogens is 1. The molecule has 6 heteroatoms. The van der Waals surface area contributed by atoms with Gasteiger partial charge in [-0.25, -0.2) is 0 Å². The van der Waals surface area contributed by atoms with Crippen LogP contribution in [-0.4, -0.2) is 36.3 Å². The van der Waals surface area contributed by atoms with Gasteiger partial charge in [0.25, 0.3) is 0 Å². The van der Waals surface area contributed by atoms with E-state index in [1.54, 1.807) is 31.2 Å². The molecule has 0 fully saturated rings. The van der Waals surface area contributed by atoms with Crippen LogP contribution >= 0.6 is 11.6 Å². The van der Waals surface area contributed by atoms with E-state index in [9.17, 15) is 9.90 Å². The van der Waals surface area contributed by atoms with Crippen molar-refractivity contribution < 1.29 is 14.6 Å². The number of hydrogen-bond donors (Lipinski definition) is 3. The van der Waals surface area contributed by atoms with Crippen LogP contribution < -0.4 is 15.8 Å². The Labute approximate surface area is 111 Å². The molecule has 0 aromatic heterocycles. The molecule has 0 bridgehead atoms. The Morgan fingerprint density at radius 2 is 2.33 bits per heavy atom. The lowest BCUT2D eigenvalue weighted by Crippen LogP contribution is -2.43. The van der Waals surface area contributed by atoms with Crippen LogP contribution in [-0.2, 0) is 4.79 Å². The number of benzene rings is 1. The average molecular weight is 273 g/mol. The van der Waals surface area contributed by atoms with E-state index in [-0.39, 0.29) is 13.2 Å². The van der Waals surface area contributed by atoms with Crippen molar-refractivity contribution in [3.8, 4) is 5.75 Å². The first-order chi connectivity index (χ1) is 8.49. The summed E-state index contributed by atoms with van der Waals surface area (Å²) in [5.74, 6) is 0.127. The molecule has 0 heterocycles. The molecule has 18 heavy (non-hydrogen) atoms. The molecule has 0 aliphatic heterocycles. The molecule has 0 aliphatic rings. The van der Waals surface area contributed by atoms with E-state index in [2.05, 4.69) is 5.32 Å². The maximum atomic E-state index is 10.8. The minimum Gasteiger partial charge on any atom is -0.491 e. The fraction of sp³-hybridized carbons (Fsp3) is 0.417. The van der Waals surface area contributed by atoms with Crippen molar-refractivity contribution in [3.63, 3.8) is 0 Å². The third-order valence-electron chi connectivity index (χ3n) is 2.32. The Balaban J connectivity index is 2.29. The van der Waals surface area contributed by atoms with Gasteiger partial charge in [-0.3, -0.25) is 4.79 Å². The van der Waals surface area contributed by atoms with E-state index in [1.807, 2.05) is 0 Å². The number of amides is 1. The minimum absolute atomic E-state index is 0.110. The number of carbonyl (C=O) groups excluding carboxylic acids is 1. The van der Waals surface area contributed by atoms with Crippen LogP contribution in [0, 0.1) is 0 Å². The second-order valence-corrected chi connectivity index (χ2v) is 4.39. The van der Waals surface area contributed by atoms with Crippen molar-refractivity contribution in [3.05, 3.63) is 29.3 Å². The van der Waals surface area contributed by atoms with E-state index in [0.29, 0.717) is 10.8 Å². The monoisotopic (exact) mass is 272 g/mol. The van der Waals surface area contributed by atoms with Gasteiger partial charge in [0.1, 0.15) is 18.5 Å². The molecular weight excluding hydrogens is 256 g/mol. The molecule has 1 aromatic carbocycles. The summed E-state index contributed by atoms with van der Waals surface area (Å²) < 4.78 is 5.35. The summed E-state index contributed by atoms with van der Waals surface area (Å²) in [6, 6.07) is 6.43. The summed E-state index contributed by atoms with van der Waals surface area (Å²) in [6.07, 6.45) is -0.731. The predicted octanol–water partition coefficient (Wildman–Crippen LogP) is 0.543. The van der Waals surface area contributed by atoms with Gasteiger partial charge >= 0.3 is 0 Å². The number of ether oxygens (including phenoxy) is 1. The zero-order chi connectivity index (χ0) is 13.5. The molecule has 2 unspecified atom stereocenters. The number of nitrogens with two attached hydrogens (primary N) is 1. The van der Waals surface area contributed by atoms with Crippen LogP contribution in [0.1, 0.15) is 6.92 Å². The van der Waals surface area contributed by atoms with Crippen molar-refractivity contribution in [1.82, 2.24) is 5.32 Å². The standard InChI is InChI=1S/C12H17ClN2O3/c1-8(12(14)17)15-6-10(16)7-18-11-4-2-3-9(13)5-11/h2-5,8,10,15-16H,6-7H2,1H3,(H2,14,17). The molecule has 0 aliphatic carbocycles.